The first-order chi connectivity index (χ1) is 19.4. The van der Waals surface area contributed by atoms with Gasteiger partial charge in [-0.1, -0.05) is 55.1 Å². The molecule has 1 saturated heterocycles. The number of aliphatic carboxylic acids is 1. The quantitative estimate of drug-likeness (QED) is 0.467. The van der Waals surface area contributed by atoms with E-state index in [0.29, 0.717) is 48.1 Å². The van der Waals surface area contributed by atoms with Gasteiger partial charge >= 0.3 is 5.97 Å². The molecule has 0 spiro atoms. The van der Waals surface area contributed by atoms with E-state index in [4.69, 9.17) is 14.2 Å². The molecule has 0 aromatic heterocycles. The Morgan fingerprint density at radius 2 is 1.77 bits per heavy atom. The highest BCUT2D eigenvalue weighted by Crippen LogP contribution is 2.69. The lowest BCUT2D eigenvalue weighted by Crippen LogP contribution is -2.60. The van der Waals surface area contributed by atoms with Crippen molar-refractivity contribution in [3.05, 3.63) is 95.6 Å². The highest BCUT2D eigenvalue weighted by Gasteiger charge is 2.71. The van der Waals surface area contributed by atoms with Crippen LogP contribution in [0, 0.1) is 11.3 Å². The van der Waals surface area contributed by atoms with Crippen LogP contribution >= 0.6 is 0 Å². The Hall–Kier alpha value is -4.26. The van der Waals surface area contributed by atoms with E-state index >= 15 is 0 Å². The van der Waals surface area contributed by atoms with Gasteiger partial charge in [0, 0.05) is 41.5 Å². The molecule has 2 fully saturated rings. The van der Waals surface area contributed by atoms with Crippen LogP contribution in [0.4, 0.5) is 0 Å². The van der Waals surface area contributed by atoms with E-state index in [1.165, 1.54) is 0 Å². The van der Waals surface area contributed by atoms with Crippen LogP contribution in [-0.2, 0) is 15.0 Å². The zero-order valence-corrected chi connectivity index (χ0v) is 22.4. The maximum Gasteiger partial charge on any atom is 0.312 e. The second-order valence-corrected chi connectivity index (χ2v) is 11.3. The van der Waals surface area contributed by atoms with Crippen LogP contribution in [-0.4, -0.2) is 55.3 Å². The summed E-state index contributed by atoms with van der Waals surface area (Å²) in [5.74, 6) is 0.304. The van der Waals surface area contributed by atoms with Gasteiger partial charge in [0.2, 0.25) is 0 Å². The van der Waals surface area contributed by atoms with Crippen molar-refractivity contribution in [2.24, 2.45) is 11.3 Å². The van der Waals surface area contributed by atoms with Gasteiger partial charge in [0.15, 0.2) is 11.5 Å². The molecular formula is C33H31NO6. The van der Waals surface area contributed by atoms with Crippen LogP contribution in [0.5, 0.6) is 17.2 Å². The third-order valence-electron chi connectivity index (χ3n) is 9.77. The van der Waals surface area contributed by atoms with E-state index in [2.05, 4.69) is 24.8 Å². The highest BCUT2D eigenvalue weighted by molar-refractivity contribution is 6.19. The molecule has 7 heteroatoms. The molecular weight excluding hydrogens is 506 g/mol. The lowest BCUT2D eigenvalue weighted by molar-refractivity contribution is -0.157. The number of carboxylic acids is 1. The summed E-state index contributed by atoms with van der Waals surface area (Å²) >= 11 is 0. The summed E-state index contributed by atoms with van der Waals surface area (Å²) in [4.78, 5) is 29.2. The number of carboxylic acid groups (broad SMARTS) is 1. The fraction of sp³-hybridized carbons (Fsp3) is 0.333. The van der Waals surface area contributed by atoms with E-state index in [1.54, 1.807) is 18.1 Å². The van der Waals surface area contributed by atoms with Crippen molar-refractivity contribution < 1.29 is 28.9 Å². The predicted octanol–water partition coefficient (Wildman–Crippen LogP) is 4.89. The predicted molar refractivity (Wildman–Crippen MR) is 149 cm³/mol. The molecule has 5 aliphatic rings. The van der Waals surface area contributed by atoms with Gasteiger partial charge in [0.05, 0.1) is 12.5 Å². The highest BCUT2D eigenvalue weighted by atomic mass is 16.6. The third-order valence-corrected chi connectivity index (χ3v) is 9.77. The number of para-hydroxylation sites is 1. The first kappa shape index (κ1) is 24.8. The molecule has 2 bridgehead atoms. The van der Waals surface area contributed by atoms with E-state index in [0.717, 1.165) is 29.5 Å². The smallest absolute Gasteiger partial charge is 0.312 e. The van der Waals surface area contributed by atoms with E-state index in [9.17, 15) is 14.7 Å². The summed E-state index contributed by atoms with van der Waals surface area (Å²) in [5.41, 5.74) is 2.42. The molecule has 3 aromatic rings. The summed E-state index contributed by atoms with van der Waals surface area (Å²) in [6, 6.07) is 21.5. The summed E-state index contributed by atoms with van der Waals surface area (Å²) in [7, 11) is 1.56. The Labute approximate surface area is 233 Å². The topological polar surface area (TPSA) is 85.3 Å². The maximum atomic E-state index is 14.0. The summed E-state index contributed by atoms with van der Waals surface area (Å²) in [5, 5.41) is 11.0. The van der Waals surface area contributed by atoms with Gasteiger partial charge in [-0.2, -0.15) is 0 Å². The number of hydrogen-bond acceptors (Lipinski definition) is 5. The van der Waals surface area contributed by atoms with Gasteiger partial charge in [-0.3, -0.25) is 9.59 Å². The molecule has 2 aliphatic heterocycles. The van der Waals surface area contributed by atoms with Crippen molar-refractivity contribution in [1.82, 2.24) is 4.90 Å². The molecule has 1 amide bonds. The van der Waals surface area contributed by atoms with Crippen molar-refractivity contribution in [1.29, 1.82) is 0 Å². The van der Waals surface area contributed by atoms with Crippen molar-refractivity contribution >= 4 is 17.4 Å². The first-order valence-corrected chi connectivity index (χ1v) is 13.8. The minimum absolute atomic E-state index is 0.130. The number of carbonyl (C=O) groups excluding carboxylic acids is 1. The molecule has 40 heavy (non-hydrogen) atoms. The average Bonchev–Trinajstić information content (AvgIpc) is 3.44. The van der Waals surface area contributed by atoms with Crippen molar-refractivity contribution in [3.63, 3.8) is 0 Å². The van der Waals surface area contributed by atoms with E-state index < -0.39 is 16.8 Å². The molecule has 4 atom stereocenters. The molecule has 1 N–H and O–H groups in total. The van der Waals surface area contributed by atoms with Crippen molar-refractivity contribution in [2.45, 2.75) is 24.2 Å². The fourth-order valence-corrected chi connectivity index (χ4v) is 8.13. The Balaban J connectivity index is 1.37. The van der Waals surface area contributed by atoms with Crippen LogP contribution in [0.2, 0.25) is 0 Å². The molecule has 7 nitrogen and oxygen atoms in total. The summed E-state index contributed by atoms with van der Waals surface area (Å²) in [6.45, 7) is 5.55. The van der Waals surface area contributed by atoms with Crippen LogP contribution in [0.3, 0.4) is 0 Å². The van der Waals surface area contributed by atoms with Gasteiger partial charge in [-0.05, 0) is 47.7 Å². The Kier molecular flexibility index (Phi) is 5.50. The summed E-state index contributed by atoms with van der Waals surface area (Å²) in [6.07, 6.45) is 1.52. The number of rotatable bonds is 5. The molecule has 2 heterocycles. The van der Waals surface area contributed by atoms with Crippen LogP contribution in [0.25, 0.3) is 5.57 Å². The van der Waals surface area contributed by atoms with Crippen LogP contribution in [0.15, 0.2) is 73.3 Å². The number of hydrogen-bond donors (Lipinski definition) is 1. The SMILES string of the molecule is C=C(C(=O)N1CC2C3(c4ccc5c(c4)OCCO5)CCC(c4ccccc43)C2(C(=O)O)C1)c1ccccc1OC. The standard InChI is InChI=1S/C33H31NO6/c1-20(22-7-4-6-10-26(22)38-2)30(35)34-18-29-32(21-11-12-27-28(17-21)40-16-15-39-27)14-13-25(33(29,19-34)31(36)37)23-8-3-5-9-24(23)32/h3-12,17,25,29H,1,13-16,18-19H2,2H3,(H,36,37). The Morgan fingerprint density at radius 3 is 2.58 bits per heavy atom. The number of amides is 1. The zero-order valence-electron chi connectivity index (χ0n) is 22.4. The monoisotopic (exact) mass is 537 g/mol. The summed E-state index contributed by atoms with van der Waals surface area (Å²) < 4.78 is 17.3. The fourth-order valence-electron chi connectivity index (χ4n) is 8.13. The number of nitrogens with zero attached hydrogens (tertiary/aromatic N) is 1. The number of carbonyl (C=O) groups is 2. The average molecular weight is 538 g/mol. The Morgan fingerprint density at radius 1 is 1.02 bits per heavy atom. The second kappa shape index (κ2) is 8.88. The van der Waals surface area contributed by atoms with Gasteiger partial charge in [-0.25, -0.2) is 0 Å². The van der Waals surface area contributed by atoms with Gasteiger partial charge in [-0.15, -0.1) is 0 Å². The zero-order chi connectivity index (χ0) is 27.6. The molecule has 204 valence electrons. The second-order valence-electron chi connectivity index (χ2n) is 11.3. The maximum absolute atomic E-state index is 14.0. The normalized spacial score (nSPS) is 27.5. The van der Waals surface area contributed by atoms with Crippen LogP contribution in [0.1, 0.15) is 41.0 Å². The first-order valence-electron chi connectivity index (χ1n) is 13.8. The van der Waals surface area contributed by atoms with Crippen LogP contribution < -0.4 is 14.2 Å². The third kappa shape index (κ3) is 3.17. The molecule has 4 unspecified atom stereocenters. The molecule has 0 radical (unpaired) electrons. The van der Waals surface area contributed by atoms with Gasteiger partial charge in [0.25, 0.3) is 5.91 Å². The number of fused-ring (bicyclic) bond motifs is 2. The number of likely N-dealkylation sites (tertiary alicyclic amines) is 1. The number of benzene rings is 3. The largest absolute Gasteiger partial charge is 0.496 e. The van der Waals surface area contributed by atoms with Gasteiger partial charge in [0.1, 0.15) is 19.0 Å². The Bertz CT molecular complexity index is 1560. The molecule has 3 aromatic carbocycles. The van der Waals surface area contributed by atoms with E-state index in [1.807, 2.05) is 42.5 Å². The number of ether oxygens (including phenoxy) is 3. The minimum atomic E-state index is -1.13. The van der Waals surface area contributed by atoms with E-state index in [-0.39, 0.29) is 24.3 Å². The van der Waals surface area contributed by atoms with Gasteiger partial charge < -0.3 is 24.2 Å². The molecule has 1 saturated carbocycles. The molecule has 8 rings (SSSR count). The van der Waals surface area contributed by atoms with Crippen molar-refractivity contribution in [3.8, 4) is 17.2 Å². The lowest BCUT2D eigenvalue weighted by atomic mass is 9.42. The lowest BCUT2D eigenvalue weighted by Gasteiger charge is -2.59. The molecule has 3 aliphatic carbocycles. The minimum Gasteiger partial charge on any atom is -0.496 e. The number of methoxy groups -OCH3 is 1. The van der Waals surface area contributed by atoms with Crippen molar-refractivity contribution in [2.75, 3.05) is 33.4 Å².